The van der Waals surface area contributed by atoms with Crippen LogP contribution >= 0.6 is 0 Å². The molecule has 1 rings (SSSR count). The topological polar surface area (TPSA) is 134 Å². The molecule has 0 aliphatic heterocycles. The molecule has 0 aliphatic carbocycles. The van der Waals surface area contributed by atoms with E-state index in [1.54, 1.807) is 24.0 Å². The quantitative estimate of drug-likeness (QED) is 0.532. The Balaban J connectivity index is 2.44. The lowest BCUT2D eigenvalue weighted by atomic mass is 10.2. The number of aliphatic carboxylic acids is 2. The fourth-order valence-corrected chi connectivity index (χ4v) is 1.31. The van der Waals surface area contributed by atoms with Crippen LogP contribution in [0.1, 0.15) is 12.1 Å². The summed E-state index contributed by atoms with van der Waals surface area (Å²) in [5.74, 6) is -2.71. The minimum absolute atomic E-state index is 0.117. The molecule has 1 aromatic heterocycles. The second kappa shape index (κ2) is 6.38. The van der Waals surface area contributed by atoms with Crippen LogP contribution in [-0.4, -0.2) is 44.0 Å². The van der Waals surface area contributed by atoms with Gasteiger partial charge in [0, 0.05) is 13.2 Å². The number of urea groups is 1. The van der Waals surface area contributed by atoms with Gasteiger partial charge in [0.05, 0.1) is 18.7 Å². The number of nitrogens with one attached hydrogen (secondary N) is 2. The molecule has 19 heavy (non-hydrogen) atoms. The first-order valence-electron chi connectivity index (χ1n) is 5.36. The van der Waals surface area contributed by atoms with Gasteiger partial charge in [-0.2, -0.15) is 5.10 Å². The molecule has 0 bridgehead atoms. The summed E-state index contributed by atoms with van der Waals surface area (Å²) in [5, 5.41) is 25.7. The smallest absolute Gasteiger partial charge is 0.326 e. The van der Waals surface area contributed by atoms with Crippen molar-refractivity contribution in [2.24, 2.45) is 7.05 Å². The highest BCUT2D eigenvalue weighted by Crippen LogP contribution is 1.95. The highest BCUT2D eigenvalue weighted by molar-refractivity contribution is 5.86. The molecule has 0 aliphatic rings. The van der Waals surface area contributed by atoms with Crippen LogP contribution in [0, 0.1) is 0 Å². The molecule has 0 radical (unpaired) electrons. The number of amides is 2. The van der Waals surface area contributed by atoms with E-state index in [1.807, 2.05) is 0 Å². The van der Waals surface area contributed by atoms with E-state index in [0.717, 1.165) is 0 Å². The van der Waals surface area contributed by atoms with Crippen molar-refractivity contribution in [3.8, 4) is 0 Å². The van der Waals surface area contributed by atoms with Gasteiger partial charge in [-0.05, 0) is 6.07 Å². The van der Waals surface area contributed by atoms with Gasteiger partial charge in [0.1, 0.15) is 6.04 Å². The van der Waals surface area contributed by atoms with Gasteiger partial charge in [-0.15, -0.1) is 0 Å². The van der Waals surface area contributed by atoms with Gasteiger partial charge in [-0.3, -0.25) is 9.48 Å². The maximum atomic E-state index is 11.4. The summed E-state index contributed by atoms with van der Waals surface area (Å²) in [7, 11) is 1.72. The van der Waals surface area contributed by atoms with Crippen molar-refractivity contribution in [1.82, 2.24) is 20.4 Å². The number of carboxylic acid groups (broad SMARTS) is 2. The van der Waals surface area contributed by atoms with Crippen LogP contribution in [0.2, 0.25) is 0 Å². The third-order valence-electron chi connectivity index (χ3n) is 2.18. The molecule has 1 aromatic rings. The van der Waals surface area contributed by atoms with E-state index >= 15 is 0 Å². The van der Waals surface area contributed by atoms with Crippen LogP contribution in [-0.2, 0) is 23.2 Å². The molecule has 0 saturated carbocycles. The van der Waals surface area contributed by atoms with E-state index in [9.17, 15) is 14.4 Å². The summed E-state index contributed by atoms with van der Waals surface area (Å²) < 4.78 is 1.55. The van der Waals surface area contributed by atoms with Crippen LogP contribution in [0.5, 0.6) is 0 Å². The van der Waals surface area contributed by atoms with Crippen LogP contribution in [0.3, 0.4) is 0 Å². The molecular weight excluding hydrogens is 256 g/mol. The van der Waals surface area contributed by atoms with Crippen molar-refractivity contribution in [3.05, 3.63) is 18.0 Å². The number of hydrogen-bond acceptors (Lipinski definition) is 4. The van der Waals surface area contributed by atoms with E-state index in [0.29, 0.717) is 5.69 Å². The monoisotopic (exact) mass is 270 g/mol. The van der Waals surface area contributed by atoms with Crippen LogP contribution in [0.4, 0.5) is 4.79 Å². The van der Waals surface area contributed by atoms with Crippen molar-refractivity contribution in [3.63, 3.8) is 0 Å². The first kappa shape index (κ1) is 14.5. The maximum Gasteiger partial charge on any atom is 0.326 e. The van der Waals surface area contributed by atoms with Crippen LogP contribution in [0.25, 0.3) is 0 Å². The summed E-state index contributed by atoms with van der Waals surface area (Å²) >= 11 is 0. The number of carbonyl (C=O) groups excluding carboxylic acids is 1. The van der Waals surface area contributed by atoms with E-state index < -0.39 is 30.4 Å². The van der Waals surface area contributed by atoms with Crippen molar-refractivity contribution in [2.45, 2.75) is 19.0 Å². The number of nitrogens with zero attached hydrogens (tertiary/aromatic N) is 2. The Hall–Kier alpha value is -2.58. The molecule has 0 aromatic carbocycles. The van der Waals surface area contributed by atoms with E-state index in [4.69, 9.17) is 10.2 Å². The minimum Gasteiger partial charge on any atom is -0.481 e. The lowest BCUT2D eigenvalue weighted by molar-refractivity contribution is -0.145. The van der Waals surface area contributed by atoms with Crippen molar-refractivity contribution >= 4 is 18.0 Å². The van der Waals surface area contributed by atoms with Crippen molar-refractivity contribution in [2.75, 3.05) is 0 Å². The number of aromatic nitrogens is 2. The van der Waals surface area contributed by atoms with E-state index in [-0.39, 0.29) is 6.54 Å². The standard InChI is InChI=1S/C10H14N4O5/c1-14-3-2-6(13-14)5-11-10(19)12-7(9(17)18)4-8(15)16/h2-3,7H,4-5H2,1H3,(H,15,16)(H,17,18)(H2,11,12,19). The Morgan fingerprint density at radius 3 is 2.58 bits per heavy atom. The number of rotatable bonds is 6. The lowest BCUT2D eigenvalue weighted by Crippen LogP contribution is -2.46. The molecule has 9 heteroatoms. The average molecular weight is 270 g/mol. The predicted octanol–water partition coefficient (Wildman–Crippen LogP) is -0.853. The van der Waals surface area contributed by atoms with E-state index in [1.165, 1.54) is 0 Å². The molecule has 9 nitrogen and oxygen atoms in total. The Bertz CT molecular complexity index is 484. The minimum atomic E-state index is -1.47. The molecule has 1 heterocycles. The van der Waals surface area contributed by atoms with Crippen LogP contribution in [0.15, 0.2) is 12.3 Å². The summed E-state index contributed by atoms with van der Waals surface area (Å²) in [6.07, 6.45) is 1.01. The highest BCUT2D eigenvalue weighted by Gasteiger charge is 2.22. The van der Waals surface area contributed by atoms with Gasteiger partial charge >= 0.3 is 18.0 Å². The van der Waals surface area contributed by atoms with Gasteiger partial charge in [0.25, 0.3) is 0 Å². The summed E-state index contributed by atoms with van der Waals surface area (Å²) in [6.45, 7) is 0.117. The predicted molar refractivity (Wildman–Crippen MR) is 62.3 cm³/mol. The fourth-order valence-electron chi connectivity index (χ4n) is 1.31. The van der Waals surface area contributed by atoms with Gasteiger partial charge in [-0.1, -0.05) is 0 Å². The zero-order valence-electron chi connectivity index (χ0n) is 10.2. The number of carboxylic acids is 2. The fraction of sp³-hybridized carbons (Fsp3) is 0.400. The van der Waals surface area contributed by atoms with Gasteiger partial charge in [0.15, 0.2) is 0 Å². The SMILES string of the molecule is Cn1ccc(CNC(=O)NC(CC(=O)O)C(=O)O)n1. The Kier molecular flexibility index (Phi) is 4.86. The number of aryl methyl sites for hydroxylation is 1. The third-order valence-corrected chi connectivity index (χ3v) is 2.18. The molecule has 0 fully saturated rings. The first-order chi connectivity index (χ1) is 8.88. The Morgan fingerprint density at radius 2 is 2.11 bits per heavy atom. The van der Waals surface area contributed by atoms with Crippen LogP contribution < -0.4 is 10.6 Å². The molecular formula is C10H14N4O5. The number of hydrogen-bond donors (Lipinski definition) is 4. The molecule has 104 valence electrons. The zero-order chi connectivity index (χ0) is 14.4. The molecule has 0 spiro atoms. The van der Waals surface area contributed by atoms with Crippen molar-refractivity contribution in [1.29, 1.82) is 0 Å². The summed E-state index contributed by atoms with van der Waals surface area (Å²) in [4.78, 5) is 32.6. The Labute approximate surface area is 108 Å². The zero-order valence-corrected chi connectivity index (χ0v) is 10.2. The molecule has 1 unspecified atom stereocenters. The van der Waals surface area contributed by atoms with Crippen molar-refractivity contribution < 1.29 is 24.6 Å². The first-order valence-corrected chi connectivity index (χ1v) is 5.36. The molecule has 1 atom stereocenters. The molecule has 0 saturated heterocycles. The maximum absolute atomic E-state index is 11.4. The average Bonchev–Trinajstić information content (AvgIpc) is 2.71. The van der Waals surface area contributed by atoms with Gasteiger partial charge in [-0.25, -0.2) is 9.59 Å². The van der Waals surface area contributed by atoms with Gasteiger partial charge < -0.3 is 20.8 Å². The van der Waals surface area contributed by atoms with E-state index in [2.05, 4.69) is 15.7 Å². The highest BCUT2D eigenvalue weighted by atomic mass is 16.4. The summed E-state index contributed by atoms with van der Waals surface area (Å²) in [5.41, 5.74) is 0.600. The largest absolute Gasteiger partial charge is 0.481 e. The normalized spacial score (nSPS) is 11.6. The Morgan fingerprint density at radius 1 is 1.42 bits per heavy atom. The summed E-state index contributed by atoms with van der Waals surface area (Å²) in [6, 6.07) is -0.549. The lowest BCUT2D eigenvalue weighted by Gasteiger charge is -2.12. The number of carbonyl (C=O) groups is 3. The molecule has 4 N–H and O–H groups in total. The third kappa shape index (κ3) is 5.06. The molecule has 2 amide bonds. The van der Waals surface area contributed by atoms with Gasteiger partial charge in [0.2, 0.25) is 0 Å². The second-order valence-electron chi connectivity index (χ2n) is 3.80. The second-order valence-corrected chi connectivity index (χ2v) is 3.80.